The van der Waals surface area contributed by atoms with Crippen LogP contribution in [0.15, 0.2) is 42.1 Å². The van der Waals surface area contributed by atoms with Gasteiger partial charge in [0.2, 0.25) is 5.91 Å². The van der Waals surface area contributed by atoms with Crippen molar-refractivity contribution < 1.29 is 14.4 Å². The third-order valence-electron chi connectivity index (χ3n) is 5.20. The van der Waals surface area contributed by atoms with Gasteiger partial charge in [0.05, 0.1) is 12.6 Å². The lowest BCUT2D eigenvalue weighted by Gasteiger charge is -2.12. The molecular formula is C22H20N6O3. The van der Waals surface area contributed by atoms with E-state index in [1.54, 1.807) is 28.9 Å². The Morgan fingerprint density at radius 3 is 2.81 bits per heavy atom. The summed E-state index contributed by atoms with van der Waals surface area (Å²) in [6.07, 6.45) is 5.50. The quantitative estimate of drug-likeness (QED) is 0.321. The first-order chi connectivity index (χ1) is 15.0. The molecule has 2 amide bonds. The molecule has 1 saturated carbocycles. The van der Waals surface area contributed by atoms with E-state index in [-0.39, 0.29) is 18.1 Å². The number of carbonyl (C=O) groups is 3. The standard InChI is InChI=1S/C22H20N6O3/c1-12(29)13-3-2-4-17(8-13)24-18-10-19(25-16-5-6-16)28-21(26-18)15(11-23-28)7-14-9-20(30)27-22(14)31/h2-4,7-8,10-11,16,25H,5-6,9H2,1H3,(H,24,26)(H,27,30,31)/b14-7+. The molecule has 0 atom stereocenters. The zero-order valence-corrected chi connectivity index (χ0v) is 16.8. The fraction of sp³-hybridized carbons (Fsp3) is 0.227. The molecule has 9 nitrogen and oxygen atoms in total. The summed E-state index contributed by atoms with van der Waals surface area (Å²) in [6, 6.07) is 9.46. The first-order valence-corrected chi connectivity index (χ1v) is 10.0. The van der Waals surface area contributed by atoms with Crippen molar-refractivity contribution >= 4 is 46.6 Å². The van der Waals surface area contributed by atoms with E-state index in [9.17, 15) is 14.4 Å². The molecular weight excluding hydrogens is 396 g/mol. The monoisotopic (exact) mass is 416 g/mol. The Hall–Kier alpha value is -4.01. The summed E-state index contributed by atoms with van der Waals surface area (Å²) in [4.78, 5) is 39.9. The molecule has 1 aliphatic heterocycles. The molecule has 156 valence electrons. The maximum absolute atomic E-state index is 12.0. The minimum Gasteiger partial charge on any atom is -0.367 e. The molecule has 1 aliphatic carbocycles. The predicted molar refractivity (Wildman–Crippen MR) is 115 cm³/mol. The Bertz CT molecular complexity index is 1270. The number of benzene rings is 1. The maximum atomic E-state index is 12.0. The molecule has 2 aromatic heterocycles. The third-order valence-corrected chi connectivity index (χ3v) is 5.20. The van der Waals surface area contributed by atoms with Crippen molar-refractivity contribution in [3.8, 4) is 0 Å². The second-order valence-corrected chi connectivity index (χ2v) is 7.77. The summed E-state index contributed by atoms with van der Waals surface area (Å²) in [5.74, 6) is 0.621. The topological polar surface area (TPSA) is 117 Å². The van der Waals surface area contributed by atoms with Crippen LogP contribution in [-0.2, 0) is 9.59 Å². The molecule has 1 saturated heterocycles. The van der Waals surface area contributed by atoms with Crippen LogP contribution in [0.3, 0.4) is 0 Å². The number of imide groups is 1. The Balaban J connectivity index is 1.56. The summed E-state index contributed by atoms with van der Waals surface area (Å²) in [5, 5.41) is 13.4. The Morgan fingerprint density at radius 1 is 1.26 bits per heavy atom. The van der Waals surface area contributed by atoms with Gasteiger partial charge in [0, 0.05) is 34.5 Å². The Kier molecular flexibility index (Phi) is 4.50. The van der Waals surface area contributed by atoms with Crippen LogP contribution in [-0.4, -0.2) is 38.2 Å². The normalized spacial score (nSPS) is 17.3. The van der Waals surface area contributed by atoms with Gasteiger partial charge in [0.1, 0.15) is 11.6 Å². The zero-order valence-electron chi connectivity index (χ0n) is 16.8. The van der Waals surface area contributed by atoms with E-state index in [1.165, 1.54) is 6.92 Å². The van der Waals surface area contributed by atoms with E-state index in [4.69, 9.17) is 0 Å². The smallest absolute Gasteiger partial charge is 0.254 e. The molecule has 0 radical (unpaired) electrons. The number of fused-ring (bicyclic) bond motifs is 1. The van der Waals surface area contributed by atoms with Gasteiger partial charge in [0.15, 0.2) is 11.4 Å². The minimum absolute atomic E-state index is 0.0164. The van der Waals surface area contributed by atoms with Gasteiger partial charge in [-0.05, 0) is 38.0 Å². The lowest BCUT2D eigenvalue weighted by Crippen LogP contribution is -2.19. The van der Waals surface area contributed by atoms with Crippen LogP contribution in [0.1, 0.15) is 42.1 Å². The first-order valence-electron chi connectivity index (χ1n) is 10.0. The first kappa shape index (κ1) is 19.0. The van der Waals surface area contributed by atoms with Gasteiger partial charge in [-0.3, -0.25) is 19.7 Å². The zero-order chi connectivity index (χ0) is 21.5. The highest BCUT2D eigenvalue weighted by Gasteiger charge is 2.25. The number of amides is 2. The SMILES string of the molecule is CC(=O)c1cccc(Nc2cc(NC3CC3)n3ncc(/C=C4\CC(=O)NC4=O)c3n2)c1. The van der Waals surface area contributed by atoms with E-state index >= 15 is 0 Å². The van der Waals surface area contributed by atoms with Crippen LogP contribution < -0.4 is 16.0 Å². The van der Waals surface area contributed by atoms with Crippen molar-refractivity contribution in [2.75, 3.05) is 10.6 Å². The molecule has 3 N–H and O–H groups in total. The van der Waals surface area contributed by atoms with Crippen molar-refractivity contribution in [3.63, 3.8) is 0 Å². The van der Waals surface area contributed by atoms with Gasteiger partial charge in [-0.15, -0.1) is 0 Å². The molecule has 31 heavy (non-hydrogen) atoms. The fourth-order valence-corrected chi connectivity index (χ4v) is 3.46. The molecule has 2 fully saturated rings. The highest BCUT2D eigenvalue weighted by atomic mass is 16.2. The van der Waals surface area contributed by atoms with Crippen LogP contribution >= 0.6 is 0 Å². The number of carbonyl (C=O) groups excluding carboxylic acids is 3. The Morgan fingerprint density at radius 2 is 2.10 bits per heavy atom. The van der Waals surface area contributed by atoms with Crippen molar-refractivity contribution in [1.82, 2.24) is 19.9 Å². The summed E-state index contributed by atoms with van der Waals surface area (Å²) >= 11 is 0. The second-order valence-electron chi connectivity index (χ2n) is 7.77. The van der Waals surface area contributed by atoms with Crippen molar-refractivity contribution in [2.45, 2.75) is 32.2 Å². The molecule has 3 heterocycles. The number of anilines is 3. The number of rotatable bonds is 6. The predicted octanol–water partition coefficient (Wildman–Crippen LogP) is 2.68. The van der Waals surface area contributed by atoms with Crippen molar-refractivity contribution in [2.24, 2.45) is 0 Å². The number of nitrogens with zero attached hydrogens (tertiary/aromatic N) is 3. The number of ketones is 1. The molecule has 0 bridgehead atoms. The molecule has 3 aromatic rings. The summed E-state index contributed by atoms with van der Waals surface area (Å²) in [6.45, 7) is 1.52. The summed E-state index contributed by atoms with van der Waals surface area (Å²) < 4.78 is 1.69. The van der Waals surface area contributed by atoms with Gasteiger partial charge in [0.25, 0.3) is 5.91 Å². The average molecular weight is 416 g/mol. The van der Waals surface area contributed by atoms with E-state index < -0.39 is 5.91 Å². The Labute approximate surface area is 177 Å². The second kappa shape index (κ2) is 7.35. The van der Waals surface area contributed by atoms with E-state index in [1.807, 2.05) is 18.2 Å². The number of hydrogen-bond donors (Lipinski definition) is 3. The van der Waals surface area contributed by atoms with Gasteiger partial charge in [-0.2, -0.15) is 9.61 Å². The molecule has 0 unspecified atom stereocenters. The van der Waals surface area contributed by atoms with Crippen LogP contribution in [0.2, 0.25) is 0 Å². The summed E-state index contributed by atoms with van der Waals surface area (Å²) in [7, 11) is 0. The van der Waals surface area contributed by atoms with Crippen LogP contribution in [0, 0.1) is 0 Å². The third kappa shape index (κ3) is 3.89. The lowest BCUT2D eigenvalue weighted by molar-refractivity contribution is -0.124. The van der Waals surface area contributed by atoms with E-state index in [0.717, 1.165) is 24.3 Å². The van der Waals surface area contributed by atoms with Crippen LogP contribution in [0.5, 0.6) is 0 Å². The van der Waals surface area contributed by atoms with Gasteiger partial charge in [-0.1, -0.05) is 12.1 Å². The number of aromatic nitrogens is 3. The van der Waals surface area contributed by atoms with Crippen LogP contribution in [0.4, 0.5) is 17.3 Å². The van der Waals surface area contributed by atoms with Crippen molar-refractivity contribution in [1.29, 1.82) is 0 Å². The average Bonchev–Trinajstić information content (AvgIpc) is 3.37. The molecule has 2 aliphatic rings. The maximum Gasteiger partial charge on any atom is 0.254 e. The lowest BCUT2D eigenvalue weighted by atomic mass is 10.1. The number of nitrogens with one attached hydrogen (secondary N) is 3. The number of hydrogen-bond acceptors (Lipinski definition) is 7. The van der Waals surface area contributed by atoms with E-state index in [2.05, 4.69) is 26.0 Å². The molecule has 1 aromatic carbocycles. The van der Waals surface area contributed by atoms with Gasteiger partial charge >= 0.3 is 0 Å². The van der Waals surface area contributed by atoms with Crippen LogP contribution in [0.25, 0.3) is 11.7 Å². The van der Waals surface area contributed by atoms with E-state index in [0.29, 0.717) is 34.2 Å². The fourth-order valence-electron chi connectivity index (χ4n) is 3.46. The van der Waals surface area contributed by atoms with Crippen molar-refractivity contribution in [3.05, 3.63) is 53.2 Å². The largest absolute Gasteiger partial charge is 0.367 e. The molecule has 5 rings (SSSR count). The molecule has 0 spiro atoms. The number of Topliss-reactive ketones (excluding diaryl/α,β-unsaturated/α-hetero) is 1. The highest BCUT2D eigenvalue weighted by molar-refractivity contribution is 6.15. The minimum atomic E-state index is -0.393. The van der Waals surface area contributed by atoms with Gasteiger partial charge < -0.3 is 10.6 Å². The molecule has 9 heteroatoms. The van der Waals surface area contributed by atoms with Gasteiger partial charge in [-0.25, -0.2) is 4.98 Å². The highest BCUT2D eigenvalue weighted by Crippen LogP contribution is 2.29. The summed E-state index contributed by atoms with van der Waals surface area (Å²) in [5.41, 5.74) is 2.91.